The van der Waals surface area contributed by atoms with Crippen LogP contribution in [0.25, 0.3) is 11.1 Å². The quantitative estimate of drug-likeness (QED) is 0.447. The van der Waals surface area contributed by atoms with Gasteiger partial charge in [0.1, 0.15) is 6.10 Å². The first-order valence-corrected chi connectivity index (χ1v) is 11.3. The number of hydrogen-bond donors (Lipinski definition) is 4. The molecule has 4 rings (SSSR count). The Morgan fingerprint density at radius 3 is 2.62 bits per heavy atom. The Balaban J connectivity index is 1.35. The Morgan fingerprint density at radius 1 is 1.19 bits per heavy atom. The van der Waals surface area contributed by atoms with Gasteiger partial charge in [-0.05, 0) is 24.1 Å². The normalized spacial score (nSPS) is 22.6. The number of thiophene rings is 1. The van der Waals surface area contributed by atoms with E-state index in [0.29, 0.717) is 23.5 Å². The van der Waals surface area contributed by atoms with Crippen LogP contribution in [0.2, 0.25) is 0 Å². The van der Waals surface area contributed by atoms with E-state index in [1.54, 1.807) is 12.3 Å². The molecule has 3 heterocycles. The molecule has 170 valence electrons. The van der Waals surface area contributed by atoms with Crippen LogP contribution in [0.3, 0.4) is 0 Å². The van der Waals surface area contributed by atoms with E-state index < -0.39 is 17.8 Å². The number of aromatic nitrogens is 1. The number of rotatable bonds is 6. The summed E-state index contributed by atoms with van der Waals surface area (Å²) in [5.74, 6) is 0. The number of piperidine rings is 1. The first-order valence-electron chi connectivity index (χ1n) is 10.4. The summed E-state index contributed by atoms with van der Waals surface area (Å²) in [6, 6.07) is 14.2. The molecule has 1 aliphatic rings. The van der Waals surface area contributed by atoms with Gasteiger partial charge in [0, 0.05) is 53.2 Å². The molecule has 1 aliphatic heterocycles. The average molecular weight is 463 g/mol. The minimum Gasteiger partial charge on any atom is -0.385 e. The fourth-order valence-electron chi connectivity index (χ4n) is 3.84. The van der Waals surface area contributed by atoms with Crippen molar-refractivity contribution < 1.29 is 18.3 Å². The third kappa shape index (κ3) is 5.36. The smallest absolute Gasteiger partial charge is 0.385 e. The SMILES string of the molecule is NC1CNC(c2cc(C(F)(F)F)cs2)CC1NCC(O)c1ccc(-c2ccccc2)cn1. The number of nitrogens with two attached hydrogens (primary N) is 1. The zero-order chi connectivity index (χ0) is 22.7. The van der Waals surface area contributed by atoms with Gasteiger partial charge in [-0.3, -0.25) is 4.98 Å². The first kappa shape index (κ1) is 22.9. The number of nitrogens with zero attached hydrogens (tertiary/aromatic N) is 1. The van der Waals surface area contributed by atoms with Crippen molar-refractivity contribution in [2.45, 2.75) is 36.8 Å². The van der Waals surface area contributed by atoms with Crippen LogP contribution in [0.15, 0.2) is 60.1 Å². The maximum Gasteiger partial charge on any atom is 0.417 e. The van der Waals surface area contributed by atoms with Gasteiger partial charge >= 0.3 is 6.18 Å². The highest BCUT2D eigenvalue weighted by Crippen LogP contribution is 2.36. The Morgan fingerprint density at radius 2 is 1.97 bits per heavy atom. The number of aliphatic hydroxyl groups is 1. The topological polar surface area (TPSA) is 83.2 Å². The number of nitrogens with one attached hydrogen (secondary N) is 2. The van der Waals surface area contributed by atoms with Crippen LogP contribution >= 0.6 is 11.3 Å². The van der Waals surface area contributed by atoms with Gasteiger partial charge < -0.3 is 21.5 Å². The predicted octanol–water partition coefficient (Wildman–Crippen LogP) is 3.88. The van der Waals surface area contributed by atoms with E-state index in [4.69, 9.17) is 5.73 Å². The molecule has 1 saturated heterocycles. The monoisotopic (exact) mass is 462 g/mol. The Hall–Kier alpha value is -2.30. The van der Waals surface area contributed by atoms with Gasteiger partial charge in [-0.1, -0.05) is 36.4 Å². The standard InChI is InChI=1S/C23H25F3N4OS/c24-23(25,26)16-8-22(32-13-16)20-9-19(17(27)11-29-20)30-12-21(31)18-7-6-15(10-28-18)14-4-2-1-3-5-14/h1-8,10,13,17,19-21,29-31H,9,11-12,27H2. The molecular weight excluding hydrogens is 437 g/mol. The molecule has 0 bridgehead atoms. The summed E-state index contributed by atoms with van der Waals surface area (Å²) in [4.78, 5) is 5.02. The van der Waals surface area contributed by atoms with Crippen molar-refractivity contribution in [3.05, 3.63) is 76.2 Å². The molecule has 2 aromatic heterocycles. The zero-order valence-corrected chi connectivity index (χ0v) is 18.0. The average Bonchev–Trinajstić information content (AvgIpc) is 3.30. The Bertz CT molecular complexity index is 1010. The molecule has 4 atom stereocenters. The molecule has 5 nitrogen and oxygen atoms in total. The molecule has 9 heteroatoms. The maximum absolute atomic E-state index is 12.9. The maximum atomic E-state index is 12.9. The number of hydrogen-bond acceptors (Lipinski definition) is 6. The zero-order valence-electron chi connectivity index (χ0n) is 17.2. The van der Waals surface area contributed by atoms with Crippen molar-refractivity contribution >= 4 is 11.3 Å². The van der Waals surface area contributed by atoms with Crippen molar-refractivity contribution in [1.82, 2.24) is 15.6 Å². The molecule has 0 amide bonds. The fourth-order valence-corrected chi connectivity index (χ4v) is 4.84. The van der Waals surface area contributed by atoms with Gasteiger partial charge in [0.25, 0.3) is 0 Å². The molecule has 1 fully saturated rings. The highest BCUT2D eigenvalue weighted by atomic mass is 32.1. The lowest BCUT2D eigenvalue weighted by Crippen LogP contribution is -2.56. The molecule has 1 aromatic carbocycles. The van der Waals surface area contributed by atoms with E-state index in [9.17, 15) is 18.3 Å². The van der Waals surface area contributed by atoms with Gasteiger partial charge in [-0.2, -0.15) is 13.2 Å². The van der Waals surface area contributed by atoms with E-state index >= 15 is 0 Å². The van der Waals surface area contributed by atoms with E-state index in [-0.39, 0.29) is 24.7 Å². The summed E-state index contributed by atoms with van der Waals surface area (Å²) in [6.45, 7) is 0.725. The van der Waals surface area contributed by atoms with Gasteiger partial charge in [-0.15, -0.1) is 11.3 Å². The van der Waals surface area contributed by atoms with Crippen molar-refractivity contribution in [1.29, 1.82) is 0 Å². The molecule has 4 unspecified atom stereocenters. The van der Waals surface area contributed by atoms with E-state index in [2.05, 4.69) is 15.6 Å². The second-order valence-corrected chi connectivity index (χ2v) is 8.91. The minimum absolute atomic E-state index is 0.143. The van der Waals surface area contributed by atoms with Crippen LogP contribution < -0.4 is 16.4 Å². The summed E-state index contributed by atoms with van der Waals surface area (Å²) >= 11 is 1.10. The molecule has 0 aliphatic carbocycles. The molecular formula is C23H25F3N4OS. The summed E-state index contributed by atoms with van der Waals surface area (Å²) in [5, 5.41) is 18.2. The Kier molecular flexibility index (Phi) is 6.92. The minimum atomic E-state index is -4.34. The van der Waals surface area contributed by atoms with Gasteiger partial charge in [0.15, 0.2) is 0 Å². The molecule has 32 heavy (non-hydrogen) atoms. The lowest BCUT2D eigenvalue weighted by atomic mass is 9.94. The lowest BCUT2D eigenvalue weighted by molar-refractivity contribution is -0.137. The van der Waals surface area contributed by atoms with Gasteiger partial charge in [0.05, 0.1) is 11.3 Å². The third-order valence-electron chi connectivity index (χ3n) is 5.71. The predicted molar refractivity (Wildman–Crippen MR) is 119 cm³/mol. The summed E-state index contributed by atoms with van der Waals surface area (Å²) in [7, 11) is 0. The lowest BCUT2D eigenvalue weighted by Gasteiger charge is -2.35. The van der Waals surface area contributed by atoms with Crippen LogP contribution in [0.1, 0.15) is 34.7 Å². The van der Waals surface area contributed by atoms with Gasteiger partial charge in [-0.25, -0.2) is 0 Å². The highest BCUT2D eigenvalue weighted by molar-refractivity contribution is 7.10. The van der Waals surface area contributed by atoms with Crippen molar-refractivity contribution in [3.8, 4) is 11.1 Å². The van der Waals surface area contributed by atoms with E-state index in [1.165, 1.54) is 6.07 Å². The Labute approximate surface area is 188 Å². The van der Waals surface area contributed by atoms with Crippen molar-refractivity contribution in [3.63, 3.8) is 0 Å². The fraction of sp³-hybridized carbons (Fsp3) is 0.348. The number of aliphatic hydroxyl groups excluding tert-OH is 1. The van der Waals surface area contributed by atoms with Crippen LogP contribution in [0, 0.1) is 0 Å². The first-order chi connectivity index (χ1) is 15.3. The second-order valence-electron chi connectivity index (χ2n) is 7.96. The summed E-state index contributed by atoms with van der Waals surface area (Å²) in [6.07, 6.45) is -2.90. The molecule has 0 saturated carbocycles. The van der Waals surface area contributed by atoms with Crippen LogP contribution in [-0.4, -0.2) is 35.3 Å². The third-order valence-corrected chi connectivity index (χ3v) is 6.75. The van der Waals surface area contributed by atoms with Crippen molar-refractivity contribution in [2.75, 3.05) is 13.1 Å². The van der Waals surface area contributed by atoms with Crippen molar-refractivity contribution in [2.24, 2.45) is 5.73 Å². The molecule has 5 N–H and O–H groups in total. The number of halogens is 3. The van der Waals surface area contributed by atoms with Crippen LogP contribution in [0.4, 0.5) is 13.2 Å². The summed E-state index contributed by atoms with van der Waals surface area (Å²) in [5.41, 5.74) is 8.14. The molecule has 0 radical (unpaired) electrons. The van der Waals surface area contributed by atoms with Crippen LogP contribution in [-0.2, 0) is 6.18 Å². The number of alkyl halides is 3. The number of benzene rings is 1. The second kappa shape index (κ2) is 9.68. The highest BCUT2D eigenvalue weighted by Gasteiger charge is 2.34. The summed E-state index contributed by atoms with van der Waals surface area (Å²) < 4.78 is 38.8. The largest absolute Gasteiger partial charge is 0.417 e. The van der Waals surface area contributed by atoms with E-state index in [1.807, 2.05) is 36.4 Å². The molecule has 3 aromatic rings. The molecule has 0 spiro atoms. The number of pyridine rings is 1. The van der Waals surface area contributed by atoms with Crippen LogP contribution in [0.5, 0.6) is 0 Å². The van der Waals surface area contributed by atoms with Gasteiger partial charge in [0.2, 0.25) is 0 Å². The van der Waals surface area contributed by atoms with E-state index in [0.717, 1.165) is 27.8 Å².